The third-order valence-corrected chi connectivity index (χ3v) is 15.2. The zero-order chi connectivity index (χ0) is 58.6. The zero-order valence-electron chi connectivity index (χ0n) is 48.1. The van der Waals surface area contributed by atoms with Crippen LogP contribution in [0.1, 0.15) is 0 Å². The summed E-state index contributed by atoms with van der Waals surface area (Å²) >= 11 is 0. The van der Waals surface area contributed by atoms with Crippen LogP contribution >= 0.6 is 0 Å². The number of benzene rings is 8. The first-order valence-corrected chi connectivity index (χ1v) is 29.0. The molecule has 420 valence electrons. The fraction of sp³-hybridized carbons (Fsp3) is 0. The molecular weight excluding hydrogens is 1100 g/mol. The molecular formula is C78H64B2FeN6. The minimum absolute atomic E-state index is 0. The first kappa shape index (κ1) is 60.9. The molecule has 14 rings (SSSR count). The maximum absolute atomic E-state index is 4.19. The van der Waals surface area contributed by atoms with E-state index >= 15 is 0 Å². The van der Waals surface area contributed by atoms with Crippen LogP contribution in [0.15, 0.2) is 389 Å². The Morgan fingerprint density at radius 2 is 0.253 bits per heavy atom. The Morgan fingerprint density at radius 1 is 0.138 bits per heavy atom. The largest absolute Gasteiger partial charge is 2.00 e. The molecule has 0 unspecified atom stereocenters. The van der Waals surface area contributed by atoms with Crippen molar-refractivity contribution in [2.75, 3.05) is 0 Å². The van der Waals surface area contributed by atoms with Crippen molar-refractivity contribution >= 4 is 56.0 Å². The van der Waals surface area contributed by atoms with Crippen LogP contribution in [-0.2, 0) is 17.1 Å². The van der Waals surface area contributed by atoms with Crippen molar-refractivity contribution in [1.82, 2.24) is 29.9 Å². The Balaban J connectivity index is 0.000000135. The van der Waals surface area contributed by atoms with E-state index in [0.29, 0.717) is 0 Å². The van der Waals surface area contributed by atoms with Crippen LogP contribution in [0.5, 0.6) is 0 Å². The monoisotopic (exact) mass is 1160 g/mol. The number of hydrogen-bond donors (Lipinski definition) is 0. The quantitative estimate of drug-likeness (QED) is 0.120. The van der Waals surface area contributed by atoms with E-state index in [0.717, 1.165) is 34.2 Å². The van der Waals surface area contributed by atoms with Gasteiger partial charge < -0.3 is 0 Å². The van der Waals surface area contributed by atoms with E-state index < -0.39 is 12.3 Å². The Hall–Kier alpha value is -10.7. The number of nitrogens with zero attached hydrogens (tertiary/aromatic N) is 6. The molecule has 0 atom stereocenters. The molecule has 0 spiro atoms. The molecule has 87 heavy (non-hydrogen) atoms. The van der Waals surface area contributed by atoms with Gasteiger partial charge in [0, 0.05) is 37.2 Å². The van der Waals surface area contributed by atoms with E-state index in [1.54, 1.807) is 37.2 Å². The van der Waals surface area contributed by atoms with Crippen LogP contribution < -0.4 is 43.7 Å². The van der Waals surface area contributed by atoms with Gasteiger partial charge in [-0.05, 0) is 72.8 Å². The van der Waals surface area contributed by atoms with Gasteiger partial charge in [-0.25, -0.2) is 0 Å². The van der Waals surface area contributed by atoms with Gasteiger partial charge in [0.25, 0.3) is 0 Å². The predicted molar refractivity (Wildman–Crippen MR) is 363 cm³/mol. The first-order valence-electron chi connectivity index (χ1n) is 29.0. The Kier molecular flexibility index (Phi) is 22.7. The summed E-state index contributed by atoms with van der Waals surface area (Å²) in [6.45, 7) is 0. The fourth-order valence-electron chi connectivity index (χ4n) is 11.3. The molecule has 0 bridgehead atoms. The topological polar surface area (TPSA) is 77.3 Å². The minimum Gasteiger partial charge on any atom is -0.255 e. The van der Waals surface area contributed by atoms with Crippen molar-refractivity contribution in [1.29, 1.82) is 0 Å². The van der Waals surface area contributed by atoms with E-state index in [1.165, 1.54) is 43.7 Å². The van der Waals surface area contributed by atoms with Crippen molar-refractivity contribution < 1.29 is 17.1 Å². The number of rotatable bonds is 11. The van der Waals surface area contributed by atoms with Gasteiger partial charge in [0.15, 0.2) is 0 Å². The van der Waals surface area contributed by atoms with Crippen LogP contribution in [0.2, 0.25) is 0 Å². The van der Waals surface area contributed by atoms with Gasteiger partial charge in [0.2, 0.25) is 0 Å². The van der Waals surface area contributed by atoms with E-state index in [9.17, 15) is 0 Å². The van der Waals surface area contributed by atoms with Gasteiger partial charge in [0.1, 0.15) is 12.3 Å². The molecule has 0 aliphatic heterocycles. The molecule has 0 radical (unpaired) electrons. The van der Waals surface area contributed by atoms with E-state index in [-0.39, 0.29) is 17.1 Å². The minimum atomic E-state index is -1.22. The first-order chi connectivity index (χ1) is 42.7. The van der Waals surface area contributed by atoms with Crippen molar-refractivity contribution in [2.45, 2.75) is 0 Å². The smallest absolute Gasteiger partial charge is 0.255 e. The molecule has 6 heterocycles. The standard InChI is InChI=1S/2C24H20B.3C10H8N2.Fe/c2*1-5-13-21(14-6-1)25(22-15-7-2-8-16-22,23-17-9-3-10-18-23)24-19-11-4-12-20-24;3*1-3-7-11-9(5-1)10-6-2-4-8-12-10;/h2*1-20H;3*1-8H;/q2*-1;;;;+2. The zero-order valence-corrected chi connectivity index (χ0v) is 49.2. The second-order valence-electron chi connectivity index (χ2n) is 20.3. The van der Waals surface area contributed by atoms with E-state index in [4.69, 9.17) is 0 Å². The van der Waals surface area contributed by atoms with Crippen LogP contribution in [0.3, 0.4) is 0 Å². The molecule has 0 aliphatic carbocycles. The summed E-state index contributed by atoms with van der Waals surface area (Å²) in [7, 11) is 0. The maximum Gasteiger partial charge on any atom is 2.00 e. The molecule has 9 heteroatoms. The average Bonchev–Trinajstić information content (AvgIpc) is 0.950. The maximum atomic E-state index is 4.19. The summed E-state index contributed by atoms with van der Waals surface area (Å²) in [5.74, 6) is 0. The molecule has 0 aliphatic rings. The normalized spacial score (nSPS) is 10.4. The third kappa shape index (κ3) is 15.6. The van der Waals surface area contributed by atoms with E-state index in [1.807, 2.05) is 109 Å². The van der Waals surface area contributed by atoms with Crippen molar-refractivity contribution in [3.05, 3.63) is 389 Å². The number of hydrogen-bond acceptors (Lipinski definition) is 6. The predicted octanol–water partition coefficient (Wildman–Crippen LogP) is 12.6. The Morgan fingerprint density at radius 3 is 0.356 bits per heavy atom. The molecule has 0 saturated heterocycles. The summed E-state index contributed by atoms with van der Waals surface area (Å²) in [4.78, 5) is 25.1. The average molecular weight is 1160 g/mol. The van der Waals surface area contributed by atoms with Gasteiger partial charge in [-0.1, -0.05) is 279 Å². The molecule has 0 fully saturated rings. The fourth-order valence-corrected chi connectivity index (χ4v) is 11.3. The van der Waals surface area contributed by atoms with Crippen LogP contribution in [0, 0.1) is 0 Å². The van der Waals surface area contributed by atoms with Crippen molar-refractivity contribution in [2.24, 2.45) is 0 Å². The molecule has 14 aromatic rings. The molecule has 8 aromatic carbocycles. The van der Waals surface area contributed by atoms with Crippen LogP contribution in [-0.4, -0.2) is 42.2 Å². The summed E-state index contributed by atoms with van der Waals surface area (Å²) in [5, 5.41) is 0. The third-order valence-electron chi connectivity index (χ3n) is 15.2. The summed E-state index contributed by atoms with van der Waals surface area (Å²) in [6.07, 6.45) is 8.18. The molecule has 0 N–H and O–H groups in total. The van der Waals surface area contributed by atoms with Gasteiger partial charge in [-0.15, -0.1) is 0 Å². The summed E-state index contributed by atoms with van der Waals surface area (Å²) in [6, 6.07) is 122. The van der Waals surface area contributed by atoms with Crippen molar-refractivity contribution in [3.63, 3.8) is 0 Å². The van der Waals surface area contributed by atoms with Gasteiger partial charge >= 0.3 is 17.1 Å². The molecule has 6 aromatic heterocycles. The molecule has 6 nitrogen and oxygen atoms in total. The number of aromatic nitrogens is 6. The van der Waals surface area contributed by atoms with Gasteiger partial charge in [0.05, 0.1) is 34.2 Å². The SMILES string of the molecule is [Fe+2].c1ccc(-c2ccccn2)nc1.c1ccc(-c2ccccn2)nc1.c1ccc(-c2ccccn2)nc1.c1ccc([B-](c2ccccc2)(c2ccccc2)c2ccccc2)cc1.c1ccc([B-](c2ccccc2)(c2ccccc2)c2ccccc2)cc1. The van der Waals surface area contributed by atoms with E-state index in [2.05, 4.69) is 273 Å². The molecule has 0 saturated carbocycles. The van der Waals surface area contributed by atoms with Gasteiger partial charge in [-0.3, -0.25) is 29.9 Å². The Bertz CT molecular complexity index is 3320. The molecule has 0 amide bonds. The summed E-state index contributed by atoms with van der Waals surface area (Å²) in [5.41, 5.74) is 16.2. The van der Waals surface area contributed by atoms with Crippen molar-refractivity contribution in [3.8, 4) is 34.2 Å². The second kappa shape index (κ2) is 32.4. The second-order valence-corrected chi connectivity index (χ2v) is 20.3. The van der Waals surface area contributed by atoms with Crippen LogP contribution in [0.25, 0.3) is 34.2 Å². The van der Waals surface area contributed by atoms with Crippen LogP contribution in [0.4, 0.5) is 0 Å². The van der Waals surface area contributed by atoms with Gasteiger partial charge in [-0.2, -0.15) is 43.7 Å². The summed E-state index contributed by atoms with van der Waals surface area (Å²) < 4.78 is 0. The Labute approximate surface area is 522 Å². The number of pyridine rings is 6.